The first kappa shape index (κ1) is 14.5. The van der Waals surface area contributed by atoms with Crippen LogP contribution < -0.4 is 0 Å². The first-order valence-electron chi connectivity index (χ1n) is 6.34. The average molecular weight is 331 g/mol. The molecule has 104 valence electrons. The van der Waals surface area contributed by atoms with Crippen molar-refractivity contribution in [2.45, 2.75) is 38.4 Å². The summed E-state index contributed by atoms with van der Waals surface area (Å²) in [4.78, 5) is 10.8. The third kappa shape index (κ3) is 4.01. The van der Waals surface area contributed by atoms with E-state index in [9.17, 15) is 9.18 Å². The summed E-state index contributed by atoms with van der Waals surface area (Å²) >= 11 is 3.30. The van der Waals surface area contributed by atoms with Gasteiger partial charge in [-0.2, -0.15) is 0 Å². The highest BCUT2D eigenvalue weighted by Gasteiger charge is 2.26. The fraction of sp³-hybridized carbons (Fsp3) is 0.500. The molecule has 0 atom stereocenters. The van der Waals surface area contributed by atoms with Crippen LogP contribution in [0.15, 0.2) is 22.7 Å². The number of benzene rings is 1. The largest absolute Gasteiger partial charge is 0.481 e. The molecular formula is C14H16BrFO3. The number of hydrogen-bond donors (Lipinski definition) is 1. The summed E-state index contributed by atoms with van der Waals surface area (Å²) in [5.41, 5.74) is 0.904. The molecule has 1 N–H and O–H groups in total. The predicted octanol–water partition coefficient (Wildman–Crippen LogP) is 3.75. The second-order valence-corrected chi connectivity index (χ2v) is 5.71. The Labute approximate surface area is 119 Å². The van der Waals surface area contributed by atoms with E-state index >= 15 is 0 Å². The number of aliphatic carboxylic acids is 1. The number of hydrogen-bond acceptors (Lipinski definition) is 2. The van der Waals surface area contributed by atoms with Crippen molar-refractivity contribution in [2.75, 3.05) is 0 Å². The normalized spacial score (nSPS) is 23.3. The van der Waals surface area contributed by atoms with Crippen LogP contribution in [0.25, 0.3) is 0 Å². The second kappa shape index (κ2) is 6.48. The summed E-state index contributed by atoms with van der Waals surface area (Å²) in [5, 5.41) is 8.91. The van der Waals surface area contributed by atoms with E-state index in [2.05, 4.69) is 15.9 Å². The van der Waals surface area contributed by atoms with Crippen molar-refractivity contribution in [3.8, 4) is 0 Å². The van der Waals surface area contributed by atoms with E-state index in [1.165, 1.54) is 12.1 Å². The number of carbonyl (C=O) groups is 1. The maximum absolute atomic E-state index is 12.9. The topological polar surface area (TPSA) is 46.5 Å². The molecule has 0 spiro atoms. The summed E-state index contributed by atoms with van der Waals surface area (Å²) in [5.74, 6) is -1.21. The highest BCUT2D eigenvalue weighted by atomic mass is 79.9. The molecule has 0 unspecified atom stereocenters. The summed E-state index contributed by atoms with van der Waals surface area (Å²) in [7, 11) is 0. The van der Waals surface area contributed by atoms with E-state index in [1.54, 1.807) is 6.07 Å². The van der Waals surface area contributed by atoms with Crippen molar-refractivity contribution in [1.82, 2.24) is 0 Å². The second-order valence-electron chi connectivity index (χ2n) is 4.86. The van der Waals surface area contributed by atoms with Gasteiger partial charge in [0.15, 0.2) is 0 Å². The SMILES string of the molecule is O=C(O)C1CCC(OCc2ccc(F)cc2Br)CC1. The zero-order valence-corrected chi connectivity index (χ0v) is 12.0. The Bertz CT molecular complexity index is 456. The summed E-state index contributed by atoms with van der Waals surface area (Å²) in [6.07, 6.45) is 2.99. The molecule has 1 aliphatic carbocycles. The average Bonchev–Trinajstić information content (AvgIpc) is 2.38. The van der Waals surface area contributed by atoms with E-state index in [4.69, 9.17) is 9.84 Å². The molecular weight excluding hydrogens is 315 g/mol. The van der Waals surface area contributed by atoms with Gasteiger partial charge < -0.3 is 9.84 Å². The lowest BCUT2D eigenvalue weighted by molar-refractivity contribution is -0.143. The lowest BCUT2D eigenvalue weighted by Crippen LogP contribution is -2.25. The molecule has 0 aliphatic heterocycles. The molecule has 2 rings (SSSR count). The van der Waals surface area contributed by atoms with Gasteiger partial charge in [-0.1, -0.05) is 22.0 Å². The van der Waals surface area contributed by atoms with Crippen molar-refractivity contribution in [3.63, 3.8) is 0 Å². The lowest BCUT2D eigenvalue weighted by atomic mass is 9.87. The molecule has 1 saturated carbocycles. The Morgan fingerprint density at radius 3 is 2.63 bits per heavy atom. The third-order valence-electron chi connectivity index (χ3n) is 3.51. The quantitative estimate of drug-likeness (QED) is 0.914. The minimum Gasteiger partial charge on any atom is -0.481 e. The molecule has 0 aromatic heterocycles. The highest BCUT2D eigenvalue weighted by molar-refractivity contribution is 9.10. The maximum Gasteiger partial charge on any atom is 0.306 e. The summed E-state index contributed by atoms with van der Waals surface area (Å²) in [6.45, 7) is 0.420. The van der Waals surface area contributed by atoms with Crippen LogP contribution in [0.3, 0.4) is 0 Å². The molecule has 1 aromatic carbocycles. The number of carboxylic acid groups (broad SMARTS) is 1. The molecule has 3 nitrogen and oxygen atoms in total. The Kier molecular flexibility index (Phi) is 4.93. The standard InChI is InChI=1S/C14H16BrFO3/c15-13-7-11(16)4-1-10(13)8-19-12-5-2-9(3-6-12)14(17)18/h1,4,7,9,12H,2-3,5-6,8H2,(H,17,18). The molecule has 5 heteroatoms. The smallest absolute Gasteiger partial charge is 0.306 e. The molecule has 0 heterocycles. The van der Waals surface area contributed by atoms with Gasteiger partial charge in [0.05, 0.1) is 18.6 Å². The van der Waals surface area contributed by atoms with Gasteiger partial charge in [0.1, 0.15) is 5.82 Å². The molecule has 1 aliphatic rings. The molecule has 0 saturated heterocycles. The number of halogens is 2. The summed E-state index contributed by atoms with van der Waals surface area (Å²) < 4.78 is 19.4. The fourth-order valence-electron chi connectivity index (χ4n) is 2.32. The van der Waals surface area contributed by atoms with Crippen molar-refractivity contribution < 1.29 is 19.0 Å². The first-order chi connectivity index (χ1) is 9.06. The van der Waals surface area contributed by atoms with Crippen molar-refractivity contribution in [3.05, 3.63) is 34.1 Å². The van der Waals surface area contributed by atoms with Crippen molar-refractivity contribution >= 4 is 21.9 Å². The van der Waals surface area contributed by atoms with Crippen LogP contribution in [0, 0.1) is 11.7 Å². The van der Waals surface area contributed by atoms with Crippen LogP contribution >= 0.6 is 15.9 Å². The Morgan fingerprint density at radius 2 is 2.05 bits per heavy atom. The van der Waals surface area contributed by atoms with Crippen LogP contribution in [0.2, 0.25) is 0 Å². The minimum atomic E-state index is -0.709. The number of carboxylic acids is 1. The van der Waals surface area contributed by atoms with Crippen LogP contribution in [0.5, 0.6) is 0 Å². The molecule has 19 heavy (non-hydrogen) atoms. The summed E-state index contributed by atoms with van der Waals surface area (Å²) in [6, 6.07) is 4.52. The fourth-order valence-corrected chi connectivity index (χ4v) is 2.79. The van der Waals surface area contributed by atoms with Gasteiger partial charge in [0, 0.05) is 4.47 Å². The van der Waals surface area contributed by atoms with E-state index < -0.39 is 5.97 Å². The van der Waals surface area contributed by atoms with Crippen LogP contribution in [0.1, 0.15) is 31.2 Å². The van der Waals surface area contributed by atoms with Gasteiger partial charge in [0.2, 0.25) is 0 Å². The molecule has 1 aromatic rings. The van der Waals surface area contributed by atoms with Crippen LogP contribution in [0.4, 0.5) is 4.39 Å². The Morgan fingerprint density at radius 1 is 1.37 bits per heavy atom. The number of rotatable bonds is 4. The molecule has 0 bridgehead atoms. The maximum atomic E-state index is 12.9. The van der Waals surface area contributed by atoms with E-state index in [1.807, 2.05) is 0 Å². The Hall–Kier alpha value is -0.940. The number of ether oxygens (including phenoxy) is 1. The van der Waals surface area contributed by atoms with Gasteiger partial charge in [-0.05, 0) is 43.4 Å². The zero-order chi connectivity index (χ0) is 13.8. The molecule has 0 amide bonds. The monoisotopic (exact) mass is 330 g/mol. The molecule has 0 radical (unpaired) electrons. The Balaban J connectivity index is 1.82. The van der Waals surface area contributed by atoms with Gasteiger partial charge >= 0.3 is 5.97 Å². The van der Waals surface area contributed by atoms with Gasteiger partial charge in [0.25, 0.3) is 0 Å². The van der Waals surface area contributed by atoms with E-state index in [-0.39, 0.29) is 17.8 Å². The predicted molar refractivity (Wildman–Crippen MR) is 72.3 cm³/mol. The molecule has 1 fully saturated rings. The highest BCUT2D eigenvalue weighted by Crippen LogP contribution is 2.28. The van der Waals surface area contributed by atoms with E-state index in [0.29, 0.717) is 23.9 Å². The van der Waals surface area contributed by atoms with E-state index in [0.717, 1.165) is 18.4 Å². The minimum absolute atomic E-state index is 0.104. The van der Waals surface area contributed by atoms with Crippen molar-refractivity contribution in [2.24, 2.45) is 5.92 Å². The van der Waals surface area contributed by atoms with Crippen LogP contribution in [-0.2, 0) is 16.1 Å². The van der Waals surface area contributed by atoms with Crippen LogP contribution in [-0.4, -0.2) is 17.2 Å². The zero-order valence-electron chi connectivity index (χ0n) is 10.4. The lowest BCUT2D eigenvalue weighted by Gasteiger charge is -2.26. The third-order valence-corrected chi connectivity index (χ3v) is 4.25. The first-order valence-corrected chi connectivity index (χ1v) is 7.14. The van der Waals surface area contributed by atoms with Gasteiger partial charge in [-0.15, -0.1) is 0 Å². The van der Waals surface area contributed by atoms with Crippen molar-refractivity contribution in [1.29, 1.82) is 0 Å². The van der Waals surface area contributed by atoms with Gasteiger partial charge in [-0.25, -0.2) is 4.39 Å². The van der Waals surface area contributed by atoms with Gasteiger partial charge in [-0.3, -0.25) is 4.79 Å².